The zero-order valence-electron chi connectivity index (χ0n) is 12.6. The van der Waals surface area contributed by atoms with Crippen molar-refractivity contribution in [2.24, 2.45) is 0 Å². The van der Waals surface area contributed by atoms with Crippen molar-refractivity contribution in [2.45, 2.75) is 33.2 Å². The van der Waals surface area contributed by atoms with Crippen LogP contribution in [0.1, 0.15) is 30.7 Å². The number of anilines is 2. The number of rotatable bonds is 6. The minimum Gasteiger partial charge on any atom is -0.464 e. The predicted octanol–water partition coefficient (Wildman–Crippen LogP) is 3.01. The molecule has 0 spiro atoms. The number of aromatic nitrogens is 2. The van der Waals surface area contributed by atoms with E-state index < -0.39 is 0 Å². The second-order valence-electron chi connectivity index (χ2n) is 4.90. The van der Waals surface area contributed by atoms with E-state index in [4.69, 9.17) is 4.42 Å². The van der Waals surface area contributed by atoms with E-state index in [9.17, 15) is 0 Å². The van der Waals surface area contributed by atoms with Crippen LogP contribution in [0.25, 0.3) is 0 Å². The summed E-state index contributed by atoms with van der Waals surface area (Å²) < 4.78 is 5.61. The molecule has 2 aromatic rings. The number of hydrogen-bond donors (Lipinski definition) is 1. The van der Waals surface area contributed by atoms with E-state index in [0.29, 0.717) is 6.54 Å². The molecule has 108 valence electrons. The lowest BCUT2D eigenvalue weighted by Crippen LogP contribution is -2.18. The van der Waals surface area contributed by atoms with Crippen LogP contribution >= 0.6 is 0 Å². The Balaban J connectivity index is 2.19. The highest BCUT2D eigenvalue weighted by Gasteiger charge is 2.10. The fourth-order valence-corrected chi connectivity index (χ4v) is 2.03. The largest absolute Gasteiger partial charge is 0.464 e. The van der Waals surface area contributed by atoms with Gasteiger partial charge in [0, 0.05) is 26.6 Å². The average Bonchev–Trinajstić information content (AvgIpc) is 2.84. The molecule has 0 saturated heterocycles. The molecule has 0 aliphatic carbocycles. The van der Waals surface area contributed by atoms with Crippen LogP contribution in [0, 0.1) is 6.92 Å². The highest BCUT2D eigenvalue weighted by atomic mass is 16.3. The molecule has 0 radical (unpaired) electrons. The number of aryl methyl sites for hydroxylation is 2. The van der Waals surface area contributed by atoms with Gasteiger partial charge in [0.15, 0.2) is 0 Å². The lowest BCUT2D eigenvalue weighted by Gasteiger charge is -2.18. The SMILES string of the molecule is CCCc1nc(NC)cc(N(C)Cc2ccc(C)o2)n1. The maximum atomic E-state index is 5.61. The molecule has 0 aromatic carbocycles. The van der Waals surface area contributed by atoms with Crippen LogP contribution in [0.4, 0.5) is 11.6 Å². The molecule has 0 bridgehead atoms. The lowest BCUT2D eigenvalue weighted by atomic mass is 10.3. The molecule has 0 unspecified atom stereocenters. The number of furan rings is 1. The van der Waals surface area contributed by atoms with Gasteiger partial charge in [-0.05, 0) is 25.5 Å². The summed E-state index contributed by atoms with van der Waals surface area (Å²) in [6.45, 7) is 4.77. The van der Waals surface area contributed by atoms with Gasteiger partial charge in [0.25, 0.3) is 0 Å². The van der Waals surface area contributed by atoms with Crippen molar-refractivity contribution in [3.8, 4) is 0 Å². The zero-order valence-corrected chi connectivity index (χ0v) is 12.6. The maximum absolute atomic E-state index is 5.61. The van der Waals surface area contributed by atoms with Crippen molar-refractivity contribution in [1.29, 1.82) is 0 Å². The van der Waals surface area contributed by atoms with Gasteiger partial charge in [-0.1, -0.05) is 6.92 Å². The second kappa shape index (κ2) is 6.41. The van der Waals surface area contributed by atoms with Crippen LogP contribution in [0.5, 0.6) is 0 Å². The first-order valence-electron chi connectivity index (χ1n) is 6.94. The van der Waals surface area contributed by atoms with Gasteiger partial charge in [-0.3, -0.25) is 0 Å². The molecule has 1 N–H and O–H groups in total. The van der Waals surface area contributed by atoms with Gasteiger partial charge in [-0.15, -0.1) is 0 Å². The smallest absolute Gasteiger partial charge is 0.134 e. The number of nitrogens with zero attached hydrogens (tertiary/aromatic N) is 3. The molecule has 0 atom stereocenters. The van der Waals surface area contributed by atoms with E-state index in [1.165, 1.54) is 0 Å². The summed E-state index contributed by atoms with van der Waals surface area (Å²) in [5.41, 5.74) is 0. The van der Waals surface area contributed by atoms with E-state index in [2.05, 4.69) is 27.1 Å². The Morgan fingerprint density at radius 1 is 1.30 bits per heavy atom. The summed E-state index contributed by atoms with van der Waals surface area (Å²) in [4.78, 5) is 11.1. The average molecular weight is 274 g/mol. The molecule has 0 fully saturated rings. The van der Waals surface area contributed by atoms with Crippen molar-refractivity contribution in [3.05, 3.63) is 35.5 Å². The van der Waals surface area contributed by atoms with Crippen LogP contribution in [-0.4, -0.2) is 24.1 Å². The van der Waals surface area contributed by atoms with Gasteiger partial charge in [0.05, 0.1) is 6.54 Å². The highest BCUT2D eigenvalue weighted by Crippen LogP contribution is 2.18. The minimum atomic E-state index is 0.694. The Kier molecular flexibility index (Phi) is 4.61. The molecular formula is C15H22N4O. The van der Waals surface area contributed by atoms with Crippen LogP contribution in [0.2, 0.25) is 0 Å². The Morgan fingerprint density at radius 2 is 2.10 bits per heavy atom. The molecule has 0 amide bonds. The van der Waals surface area contributed by atoms with E-state index in [0.717, 1.165) is 41.8 Å². The maximum Gasteiger partial charge on any atom is 0.134 e. The summed E-state index contributed by atoms with van der Waals surface area (Å²) in [5.74, 6) is 4.49. The molecule has 0 aliphatic rings. The lowest BCUT2D eigenvalue weighted by molar-refractivity contribution is 0.481. The Hall–Kier alpha value is -2.04. The molecule has 5 nitrogen and oxygen atoms in total. The van der Waals surface area contributed by atoms with Crippen LogP contribution in [-0.2, 0) is 13.0 Å². The van der Waals surface area contributed by atoms with Crippen molar-refractivity contribution in [3.63, 3.8) is 0 Å². The van der Waals surface area contributed by atoms with Gasteiger partial charge in [-0.2, -0.15) is 0 Å². The summed E-state index contributed by atoms with van der Waals surface area (Å²) in [6, 6.07) is 5.93. The molecule has 0 aliphatic heterocycles. The Bertz CT molecular complexity index is 565. The van der Waals surface area contributed by atoms with Crippen LogP contribution < -0.4 is 10.2 Å². The third-order valence-corrected chi connectivity index (χ3v) is 3.07. The fraction of sp³-hybridized carbons (Fsp3) is 0.467. The number of hydrogen-bond acceptors (Lipinski definition) is 5. The molecule has 2 aromatic heterocycles. The second-order valence-corrected chi connectivity index (χ2v) is 4.90. The van der Waals surface area contributed by atoms with Crippen molar-refractivity contribution in [2.75, 3.05) is 24.3 Å². The standard InChI is InChI=1S/C15H22N4O/c1-5-6-13-17-14(16-3)9-15(18-13)19(4)10-12-8-7-11(2)20-12/h7-9H,5-6,10H2,1-4H3,(H,16,17,18). The molecule has 0 saturated carbocycles. The first kappa shape index (κ1) is 14.4. The van der Waals surface area contributed by atoms with Gasteiger partial charge in [-0.25, -0.2) is 9.97 Å². The van der Waals surface area contributed by atoms with E-state index in [1.807, 2.05) is 39.2 Å². The van der Waals surface area contributed by atoms with Gasteiger partial charge in [0.2, 0.25) is 0 Å². The Morgan fingerprint density at radius 3 is 2.70 bits per heavy atom. The van der Waals surface area contributed by atoms with Crippen molar-refractivity contribution >= 4 is 11.6 Å². The molecule has 20 heavy (non-hydrogen) atoms. The third-order valence-electron chi connectivity index (χ3n) is 3.07. The number of nitrogens with one attached hydrogen (secondary N) is 1. The Labute approximate surface area is 120 Å². The predicted molar refractivity (Wildman–Crippen MR) is 81.1 cm³/mol. The van der Waals surface area contributed by atoms with Gasteiger partial charge < -0.3 is 14.6 Å². The van der Waals surface area contributed by atoms with E-state index in [1.54, 1.807) is 0 Å². The van der Waals surface area contributed by atoms with Gasteiger partial charge in [0.1, 0.15) is 29.0 Å². The van der Waals surface area contributed by atoms with Gasteiger partial charge >= 0.3 is 0 Å². The molecular weight excluding hydrogens is 252 g/mol. The molecule has 2 heterocycles. The minimum absolute atomic E-state index is 0.694. The molecule has 5 heteroatoms. The van der Waals surface area contributed by atoms with Crippen molar-refractivity contribution < 1.29 is 4.42 Å². The van der Waals surface area contributed by atoms with E-state index in [-0.39, 0.29) is 0 Å². The molecule has 2 rings (SSSR count). The first-order valence-corrected chi connectivity index (χ1v) is 6.94. The van der Waals surface area contributed by atoms with Crippen LogP contribution in [0.3, 0.4) is 0 Å². The quantitative estimate of drug-likeness (QED) is 0.877. The zero-order chi connectivity index (χ0) is 14.5. The summed E-state index contributed by atoms with van der Waals surface area (Å²) >= 11 is 0. The van der Waals surface area contributed by atoms with Crippen LogP contribution in [0.15, 0.2) is 22.6 Å². The highest BCUT2D eigenvalue weighted by molar-refractivity contribution is 5.48. The fourth-order valence-electron chi connectivity index (χ4n) is 2.03. The summed E-state index contributed by atoms with van der Waals surface area (Å²) in [6.07, 6.45) is 1.92. The van der Waals surface area contributed by atoms with Crippen molar-refractivity contribution in [1.82, 2.24) is 9.97 Å². The summed E-state index contributed by atoms with van der Waals surface area (Å²) in [7, 11) is 3.88. The first-order chi connectivity index (χ1) is 9.62. The summed E-state index contributed by atoms with van der Waals surface area (Å²) in [5, 5.41) is 3.09. The monoisotopic (exact) mass is 274 g/mol. The topological polar surface area (TPSA) is 54.2 Å². The van der Waals surface area contributed by atoms with E-state index >= 15 is 0 Å². The normalized spacial score (nSPS) is 10.6. The third kappa shape index (κ3) is 3.50.